The molecule has 0 aliphatic rings. The Hall–Kier alpha value is -2.15. The first-order valence-corrected chi connectivity index (χ1v) is 5.35. The zero-order valence-electron chi connectivity index (χ0n) is 9.41. The molecule has 8 heteroatoms. The molecule has 1 aromatic heterocycles. The summed E-state index contributed by atoms with van der Waals surface area (Å²) in [6, 6.07) is 4.02. The monoisotopic (exact) mass is 268 g/mol. The molecule has 0 amide bonds. The van der Waals surface area contributed by atoms with Crippen molar-refractivity contribution in [1.82, 2.24) is 14.8 Å². The summed E-state index contributed by atoms with van der Waals surface area (Å²) in [5.74, 6) is 0.839. The number of hydrogen-bond donors (Lipinski definition) is 0. The van der Waals surface area contributed by atoms with Crippen molar-refractivity contribution in [1.29, 1.82) is 0 Å². The number of ether oxygens (including phenoxy) is 1. The van der Waals surface area contributed by atoms with Crippen LogP contribution in [0, 0.1) is 10.1 Å². The summed E-state index contributed by atoms with van der Waals surface area (Å²) < 4.78 is 6.94. The fourth-order valence-electron chi connectivity index (χ4n) is 1.31. The van der Waals surface area contributed by atoms with Crippen LogP contribution < -0.4 is 4.74 Å². The van der Waals surface area contributed by atoms with Crippen LogP contribution in [0.2, 0.25) is 5.02 Å². The molecule has 0 unspecified atom stereocenters. The topological polar surface area (TPSA) is 83.1 Å². The van der Waals surface area contributed by atoms with Gasteiger partial charge >= 0.3 is 0 Å². The summed E-state index contributed by atoms with van der Waals surface area (Å²) in [5.41, 5.74) is -0.0765. The molecule has 1 aromatic carbocycles. The Bertz CT molecular complexity index is 584. The number of non-ortho nitro benzene ring substituents is 1. The molecule has 1 heterocycles. The van der Waals surface area contributed by atoms with E-state index in [-0.39, 0.29) is 18.0 Å². The van der Waals surface area contributed by atoms with Crippen molar-refractivity contribution in [3.05, 3.63) is 45.5 Å². The van der Waals surface area contributed by atoms with Gasteiger partial charge in [-0.25, -0.2) is 4.98 Å². The maximum Gasteiger partial charge on any atom is 0.273 e. The Kier molecular flexibility index (Phi) is 3.42. The lowest BCUT2D eigenvalue weighted by Crippen LogP contribution is -2.04. The summed E-state index contributed by atoms with van der Waals surface area (Å²) in [7, 11) is 1.72. The third-order valence-electron chi connectivity index (χ3n) is 2.29. The van der Waals surface area contributed by atoms with E-state index in [0.29, 0.717) is 10.8 Å². The molecule has 2 aromatic rings. The van der Waals surface area contributed by atoms with E-state index in [1.165, 1.54) is 24.5 Å². The Balaban J connectivity index is 2.16. The van der Waals surface area contributed by atoms with Crippen molar-refractivity contribution in [3.8, 4) is 5.75 Å². The number of aromatic nitrogens is 3. The summed E-state index contributed by atoms with van der Waals surface area (Å²) >= 11 is 5.89. The SMILES string of the molecule is Cn1ncnc1COc1cc([N+](=O)[O-])ccc1Cl. The summed E-state index contributed by atoms with van der Waals surface area (Å²) in [6.07, 6.45) is 1.40. The quantitative estimate of drug-likeness (QED) is 0.625. The van der Waals surface area contributed by atoms with Crippen LogP contribution in [-0.2, 0) is 13.7 Å². The normalized spacial score (nSPS) is 10.3. The van der Waals surface area contributed by atoms with E-state index in [2.05, 4.69) is 10.1 Å². The maximum absolute atomic E-state index is 10.6. The number of nitrogens with zero attached hydrogens (tertiary/aromatic N) is 4. The van der Waals surface area contributed by atoms with Gasteiger partial charge in [-0.15, -0.1) is 0 Å². The third-order valence-corrected chi connectivity index (χ3v) is 2.60. The molecular formula is C10H9ClN4O3. The van der Waals surface area contributed by atoms with E-state index in [1.54, 1.807) is 11.7 Å². The first-order chi connectivity index (χ1) is 8.58. The molecule has 0 atom stereocenters. The largest absolute Gasteiger partial charge is 0.484 e. The Morgan fingerprint density at radius 1 is 1.56 bits per heavy atom. The lowest BCUT2D eigenvalue weighted by Gasteiger charge is -2.07. The van der Waals surface area contributed by atoms with E-state index in [0.717, 1.165) is 0 Å². The second kappa shape index (κ2) is 5.01. The van der Waals surface area contributed by atoms with Crippen LogP contribution in [0.15, 0.2) is 24.5 Å². The van der Waals surface area contributed by atoms with E-state index in [4.69, 9.17) is 16.3 Å². The maximum atomic E-state index is 10.6. The van der Waals surface area contributed by atoms with E-state index in [1.807, 2.05) is 0 Å². The van der Waals surface area contributed by atoms with Crippen molar-refractivity contribution < 1.29 is 9.66 Å². The van der Waals surface area contributed by atoms with E-state index in [9.17, 15) is 10.1 Å². The number of benzene rings is 1. The summed E-state index contributed by atoms with van der Waals surface area (Å²) in [4.78, 5) is 14.1. The first-order valence-electron chi connectivity index (χ1n) is 4.97. The van der Waals surface area contributed by atoms with E-state index >= 15 is 0 Å². The van der Waals surface area contributed by atoms with Gasteiger partial charge in [-0.3, -0.25) is 14.8 Å². The highest BCUT2D eigenvalue weighted by Crippen LogP contribution is 2.29. The summed E-state index contributed by atoms with van der Waals surface area (Å²) in [5, 5.41) is 14.8. The van der Waals surface area contributed by atoms with Gasteiger partial charge in [-0.1, -0.05) is 11.6 Å². The minimum atomic E-state index is -0.508. The van der Waals surface area contributed by atoms with Crippen molar-refractivity contribution in [2.75, 3.05) is 0 Å². The molecule has 7 nitrogen and oxygen atoms in total. The molecule has 0 bridgehead atoms. The minimum Gasteiger partial charge on any atom is -0.484 e. The van der Waals surface area contributed by atoms with Gasteiger partial charge in [0.05, 0.1) is 16.0 Å². The number of halogens is 1. The minimum absolute atomic E-state index is 0.0765. The van der Waals surface area contributed by atoms with Crippen LogP contribution in [0.5, 0.6) is 5.75 Å². The number of nitro benzene ring substituents is 1. The van der Waals surface area contributed by atoms with E-state index < -0.39 is 4.92 Å². The number of aryl methyl sites for hydroxylation is 1. The van der Waals surface area contributed by atoms with Gasteiger partial charge in [-0.2, -0.15) is 5.10 Å². The predicted molar refractivity (Wildman–Crippen MR) is 63.4 cm³/mol. The van der Waals surface area contributed by atoms with Crippen molar-refractivity contribution in [3.63, 3.8) is 0 Å². The number of hydrogen-bond acceptors (Lipinski definition) is 5. The van der Waals surface area contributed by atoms with Crippen molar-refractivity contribution in [2.24, 2.45) is 7.05 Å². The summed E-state index contributed by atoms with van der Waals surface area (Å²) in [6.45, 7) is 0.136. The molecule has 0 N–H and O–H groups in total. The molecule has 94 valence electrons. The van der Waals surface area contributed by atoms with Gasteiger partial charge in [0, 0.05) is 13.1 Å². The van der Waals surface area contributed by atoms with Gasteiger partial charge in [-0.05, 0) is 6.07 Å². The van der Waals surface area contributed by atoms with Crippen molar-refractivity contribution >= 4 is 17.3 Å². The highest BCUT2D eigenvalue weighted by molar-refractivity contribution is 6.32. The number of rotatable bonds is 4. The molecular weight excluding hydrogens is 260 g/mol. The highest BCUT2D eigenvalue weighted by Gasteiger charge is 2.11. The third kappa shape index (κ3) is 2.57. The molecule has 0 spiro atoms. The first kappa shape index (κ1) is 12.3. The van der Waals surface area contributed by atoms with Gasteiger partial charge in [0.1, 0.15) is 18.7 Å². The smallest absolute Gasteiger partial charge is 0.273 e. The second-order valence-electron chi connectivity index (χ2n) is 3.46. The molecule has 0 aliphatic carbocycles. The Morgan fingerprint density at radius 2 is 2.33 bits per heavy atom. The Labute approximate surface area is 107 Å². The van der Waals surface area contributed by atoms with Crippen LogP contribution >= 0.6 is 11.6 Å². The standard InChI is InChI=1S/C10H9ClN4O3/c1-14-10(12-6-13-14)5-18-9-4-7(15(16)17)2-3-8(9)11/h2-4,6H,5H2,1H3. The molecule has 0 fully saturated rings. The molecule has 0 aliphatic heterocycles. The lowest BCUT2D eigenvalue weighted by molar-refractivity contribution is -0.384. The van der Waals surface area contributed by atoms with Gasteiger partial charge < -0.3 is 4.74 Å². The van der Waals surface area contributed by atoms with Crippen molar-refractivity contribution in [2.45, 2.75) is 6.61 Å². The van der Waals surface area contributed by atoms with Crippen LogP contribution in [0.4, 0.5) is 5.69 Å². The zero-order valence-corrected chi connectivity index (χ0v) is 10.2. The predicted octanol–water partition coefficient (Wildman–Crippen LogP) is 1.96. The van der Waals surface area contributed by atoms with Crippen LogP contribution in [0.25, 0.3) is 0 Å². The Morgan fingerprint density at radius 3 is 2.94 bits per heavy atom. The zero-order chi connectivity index (χ0) is 13.1. The van der Waals surface area contributed by atoms with Gasteiger partial charge in [0.15, 0.2) is 5.82 Å². The fraction of sp³-hybridized carbons (Fsp3) is 0.200. The molecule has 0 radical (unpaired) electrons. The van der Waals surface area contributed by atoms with Crippen LogP contribution in [0.3, 0.4) is 0 Å². The lowest BCUT2D eigenvalue weighted by atomic mass is 10.3. The average molecular weight is 269 g/mol. The molecule has 0 saturated carbocycles. The van der Waals surface area contributed by atoms with Gasteiger partial charge in [0.2, 0.25) is 0 Å². The average Bonchev–Trinajstić information content (AvgIpc) is 2.73. The second-order valence-corrected chi connectivity index (χ2v) is 3.87. The molecule has 18 heavy (non-hydrogen) atoms. The van der Waals surface area contributed by atoms with Crippen LogP contribution in [-0.4, -0.2) is 19.7 Å². The van der Waals surface area contributed by atoms with Crippen LogP contribution in [0.1, 0.15) is 5.82 Å². The highest BCUT2D eigenvalue weighted by atomic mass is 35.5. The fourth-order valence-corrected chi connectivity index (χ4v) is 1.48. The van der Waals surface area contributed by atoms with Gasteiger partial charge in [0.25, 0.3) is 5.69 Å². The number of nitro groups is 1. The molecule has 2 rings (SSSR count). The molecule has 0 saturated heterocycles.